The maximum absolute atomic E-state index is 12.2. The van der Waals surface area contributed by atoms with Crippen molar-refractivity contribution < 1.29 is 23.8 Å². The molecule has 10 nitrogen and oxygen atoms in total. The van der Waals surface area contributed by atoms with Gasteiger partial charge in [0.1, 0.15) is 12.2 Å². The Balaban J connectivity index is 0.0000144. The average molecular weight is 613 g/mol. The molecule has 1 aromatic heterocycles. The van der Waals surface area contributed by atoms with E-state index in [2.05, 4.69) is 11.9 Å². The van der Waals surface area contributed by atoms with Gasteiger partial charge in [-0.1, -0.05) is 112 Å². The van der Waals surface area contributed by atoms with Gasteiger partial charge in [0, 0.05) is 17.7 Å². The molecule has 39 heavy (non-hydrogen) atoms. The van der Waals surface area contributed by atoms with E-state index < -0.39 is 32.3 Å². The largest absolute Gasteiger partial charge is 0.394 e. The van der Waals surface area contributed by atoms with Gasteiger partial charge in [-0.3, -0.25) is 9.13 Å². The Kier molecular flexibility index (Phi) is 24.8. The monoisotopic (exact) mass is 612 g/mol. The van der Waals surface area contributed by atoms with Crippen LogP contribution in [-0.4, -0.2) is 56.7 Å². The predicted octanol–water partition coefficient (Wildman–Crippen LogP) is 6.39. The van der Waals surface area contributed by atoms with Crippen molar-refractivity contribution in [3.05, 3.63) is 22.7 Å². The zero-order chi connectivity index (χ0) is 27.9. The van der Waals surface area contributed by atoms with Crippen molar-refractivity contribution in [2.24, 2.45) is 0 Å². The lowest BCUT2D eigenvalue weighted by atomic mass is 10.0. The molecule has 1 aromatic rings. The number of unbranched alkanes of at least 4 members (excludes halogenated alkanes) is 13. The Hall–Kier alpha value is -0.590. The van der Waals surface area contributed by atoms with Crippen LogP contribution in [0.1, 0.15) is 96.8 Å². The lowest BCUT2D eigenvalue weighted by molar-refractivity contribution is 0.0170. The van der Waals surface area contributed by atoms with Crippen LogP contribution in [-0.2, 0) is 20.4 Å². The zero-order valence-corrected chi connectivity index (χ0v) is 26.4. The number of hydrogen-bond donors (Lipinski definition) is 4. The minimum Gasteiger partial charge on any atom is -0.394 e. The van der Waals surface area contributed by atoms with E-state index in [1.165, 1.54) is 107 Å². The Bertz CT molecular complexity index is 821. The summed E-state index contributed by atoms with van der Waals surface area (Å²) in [6.07, 6.45) is 19.0. The molecule has 0 saturated heterocycles. The molecule has 0 aliphatic carbocycles. The molecule has 0 bridgehead atoms. The van der Waals surface area contributed by atoms with Crippen molar-refractivity contribution in [2.45, 2.75) is 109 Å². The minimum atomic E-state index is -3.96. The van der Waals surface area contributed by atoms with Crippen LogP contribution in [0.25, 0.3) is 0 Å². The van der Waals surface area contributed by atoms with Crippen molar-refractivity contribution >= 4 is 35.0 Å². The molecule has 0 spiro atoms. The van der Waals surface area contributed by atoms with Gasteiger partial charge in [-0.15, -0.1) is 0 Å². The number of aliphatic hydroxyl groups is 1. The fraction of sp³-hybridized carbons (Fsp3) is 0.846. The second-order valence-electron chi connectivity index (χ2n) is 9.60. The van der Waals surface area contributed by atoms with E-state index in [0.29, 0.717) is 5.75 Å². The number of aromatic nitrogens is 2. The highest BCUT2D eigenvalue weighted by Crippen LogP contribution is 2.42. The lowest BCUT2D eigenvalue weighted by Gasteiger charge is -2.19. The number of hydrogen-bond acceptors (Lipinski definition) is 10. The summed E-state index contributed by atoms with van der Waals surface area (Å²) in [5, 5.41) is 9.47. The molecule has 13 heteroatoms. The van der Waals surface area contributed by atoms with Crippen LogP contribution in [0.2, 0.25) is 0 Å². The first-order valence-corrected chi connectivity index (χ1v) is 18.4. The van der Waals surface area contributed by atoms with Crippen molar-refractivity contribution in [3.63, 3.8) is 0 Å². The fourth-order valence-corrected chi connectivity index (χ4v) is 6.84. The smallest absolute Gasteiger partial charge is 0.353 e. The number of nitrogen functional groups attached to an aromatic ring is 1. The number of ether oxygens (including phenoxy) is 1. The zero-order valence-electron chi connectivity index (χ0n) is 23.8. The molecular formula is C26H53N4O6PS2. The number of nitrogens with zero attached hydrogens (tertiary/aromatic N) is 2. The van der Waals surface area contributed by atoms with Gasteiger partial charge in [-0.05, 0) is 12.5 Å². The van der Waals surface area contributed by atoms with Crippen molar-refractivity contribution in [1.82, 2.24) is 15.7 Å². The highest BCUT2D eigenvalue weighted by Gasteiger charge is 2.22. The first-order chi connectivity index (χ1) is 18.4. The van der Waals surface area contributed by atoms with Crippen LogP contribution in [0.5, 0.6) is 0 Å². The first-order valence-electron chi connectivity index (χ1n) is 14.1. The lowest BCUT2D eigenvalue weighted by Crippen LogP contribution is -2.32. The molecule has 0 radical (unpaired) electrons. The maximum atomic E-state index is 12.2. The summed E-state index contributed by atoms with van der Waals surface area (Å²) in [5.74, 6) is 1.76. The quantitative estimate of drug-likeness (QED) is 0.0519. The van der Waals surface area contributed by atoms with Crippen LogP contribution < -0.4 is 17.6 Å². The fourth-order valence-electron chi connectivity index (χ4n) is 3.89. The molecule has 0 aliphatic rings. The molecule has 2 atom stereocenters. The molecule has 1 unspecified atom stereocenters. The molecule has 0 saturated carbocycles. The number of rotatable bonds is 26. The molecule has 0 fully saturated rings. The summed E-state index contributed by atoms with van der Waals surface area (Å²) in [6.45, 7) is 1.96. The second kappa shape index (κ2) is 25.1. The molecular weight excluding hydrogens is 559 g/mol. The Morgan fingerprint density at radius 2 is 1.51 bits per heavy atom. The Morgan fingerprint density at radius 3 is 2.05 bits per heavy atom. The predicted molar refractivity (Wildman–Crippen MR) is 166 cm³/mol. The number of anilines is 1. The highest BCUT2D eigenvalue weighted by atomic mass is 33.1. The molecule has 230 valence electrons. The van der Waals surface area contributed by atoms with Gasteiger partial charge in [0.05, 0.1) is 25.9 Å². The van der Waals surface area contributed by atoms with Gasteiger partial charge in [-0.25, -0.2) is 4.79 Å². The van der Waals surface area contributed by atoms with Crippen LogP contribution >= 0.6 is 29.2 Å². The molecule has 0 aromatic carbocycles. The second-order valence-corrected chi connectivity index (χ2v) is 14.1. The summed E-state index contributed by atoms with van der Waals surface area (Å²) in [6, 6.07) is 1.45. The number of nitrogens with two attached hydrogens (primary N) is 1. The van der Waals surface area contributed by atoms with Crippen LogP contribution in [0.4, 0.5) is 5.82 Å². The summed E-state index contributed by atoms with van der Waals surface area (Å²) < 4.78 is 23.8. The van der Waals surface area contributed by atoms with E-state index in [9.17, 15) is 19.4 Å². The van der Waals surface area contributed by atoms with E-state index in [4.69, 9.17) is 15.0 Å². The van der Waals surface area contributed by atoms with Gasteiger partial charge < -0.3 is 31.1 Å². The van der Waals surface area contributed by atoms with Gasteiger partial charge >= 0.3 is 13.3 Å². The van der Waals surface area contributed by atoms with Crippen molar-refractivity contribution in [1.29, 1.82) is 0 Å². The Morgan fingerprint density at radius 1 is 0.974 bits per heavy atom. The summed E-state index contributed by atoms with van der Waals surface area (Å²) in [4.78, 5) is 25.4. The van der Waals surface area contributed by atoms with Gasteiger partial charge in [-0.2, -0.15) is 4.98 Å². The highest BCUT2D eigenvalue weighted by molar-refractivity contribution is 8.76. The Labute approximate surface area is 243 Å². The molecule has 1 rings (SSSR count). The van der Waals surface area contributed by atoms with Crippen molar-refractivity contribution in [2.75, 3.05) is 36.8 Å². The third-order valence-corrected chi connectivity index (χ3v) is 9.61. The third kappa shape index (κ3) is 21.8. The van der Waals surface area contributed by atoms with Gasteiger partial charge in [0.2, 0.25) is 0 Å². The van der Waals surface area contributed by atoms with E-state index in [1.54, 1.807) is 21.6 Å². The summed E-state index contributed by atoms with van der Waals surface area (Å²) >= 11 is 0. The SMILES string of the molecule is CCCCCCCCCCCCCCCCSSCCOP(=O)(O)CO[C@H](CO)Cn1ccc(N)nc1=O.N. The third-order valence-electron chi connectivity index (χ3n) is 6.10. The van der Waals surface area contributed by atoms with Crippen LogP contribution in [0.3, 0.4) is 0 Å². The van der Waals surface area contributed by atoms with Crippen LogP contribution in [0.15, 0.2) is 17.1 Å². The first kappa shape index (κ1) is 38.4. The van der Waals surface area contributed by atoms with E-state index in [-0.39, 0.29) is 25.1 Å². The van der Waals surface area contributed by atoms with Gasteiger partial charge in [0.25, 0.3) is 0 Å². The molecule has 7 N–H and O–H groups in total. The minimum absolute atomic E-state index is 0. The summed E-state index contributed by atoms with van der Waals surface area (Å²) in [7, 11) is -0.552. The van der Waals surface area contributed by atoms with E-state index in [0.717, 1.165) is 5.75 Å². The van der Waals surface area contributed by atoms with Crippen molar-refractivity contribution in [3.8, 4) is 0 Å². The van der Waals surface area contributed by atoms with E-state index >= 15 is 0 Å². The summed E-state index contributed by atoms with van der Waals surface area (Å²) in [5.41, 5.74) is 4.87. The standard InChI is InChI=1S/C26H50N3O6PS2.H3N/c1-2-3-4-5-6-7-8-9-10-11-12-13-14-15-19-37-38-20-18-35-36(32,33)23-34-24(22-30)21-29-17-16-25(27)28-26(29)31;/h16-17,24,30H,2-15,18-23H2,1H3,(H,32,33)(H2,27,28,31);1H3/t24-;/m0./s1. The molecule has 0 amide bonds. The van der Waals surface area contributed by atoms with Gasteiger partial charge in [0.15, 0.2) is 0 Å². The normalized spacial score (nSPS) is 13.6. The van der Waals surface area contributed by atoms with E-state index in [1.807, 2.05) is 0 Å². The maximum Gasteiger partial charge on any atom is 0.353 e. The topological polar surface area (TPSA) is 172 Å². The number of aliphatic hydroxyl groups excluding tert-OH is 1. The molecule has 0 aliphatic heterocycles. The molecule has 1 heterocycles. The van der Waals surface area contributed by atoms with Crippen LogP contribution in [0, 0.1) is 0 Å². The average Bonchev–Trinajstić information content (AvgIpc) is 2.89.